The van der Waals surface area contributed by atoms with Gasteiger partial charge in [-0.2, -0.15) is 13.2 Å². The molecule has 2 heterocycles. The molecule has 3 aromatic carbocycles. The molecule has 1 aromatic heterocycles. The number of fused-ring (bicyclic) bond motifs is 3. The molecule has 0 fully saturated rings. The summed E-state index contributed by atoms with van der Waals surface area (Å²) >= 11 is 7.14. The molecule has 1 amide bonds. The Labute approximate surface area is 231 Å². The van der Waals surface area contributed by atoms with Crippen LogP contribution in [0.25, 0.3) is 11.3 Å². The second kappa shape index (κ2) is 10.5. The standard InChI is InChI=1S/C26H18ClF3N4O3S2/c27-18-9-10-20-21(12-18)34(14-16-5-2-1-3-6-16)39(36,37)22-13-31-25(33-24(20)22)38-15-23(35)32-19-8-4-7-17(11-19)26(28,29)30/h1-13H,14-15H2,(H,32,35). The van der Waals surface area contributed by atoms with Gasteiger partial charge < -0.3 is 5.32 Å². The Morgan fingerprint density at radius 2 is 1.79 bits per heavy atom. The summed E-state index contributed by atoms with van der Waals surface area (Å²) in [6.45, 7) is 0.0716. The van der Waals surface area contributed by atoms with Gasteiger partial charge in [-0.15, -0.1) is 0 Å². The first-order valence-corrected chi connectivity index (χ1v) is 14.2. The maximum atomic E-state index is 13.6. The number of sulfonamides is 1. The van der Waals surface area contributed by atoms with Crippen molar-refractivity contribution in [2.45, 2.75) is 22.8 Å². The number of carbonyl (C=O) groups excluding carboxylic acids is 1. The second-order valence-electron chi connectivity index (χ2n) is 8.44. The molecule has 0 spiro atoms. The number of benzene rings is 3. The molecule has 0 bridgehead atoms. The monoisotopic (exact) mass is 590 g/mol. The number of thioether (sulfide) groups is 1. The van der Waals surface area contributed by atoms with Gasteiger partial charge in [0, 0.05) is 16.3 Å². The Kier molecular flexibility index (Phi) is 7.27. The van der Waals surface area contributed by atoms with Crippen LogP contribution in [0.1, 0.15) is 11.1 Å². The molecule has 5 rings (SSSR count). The molecule has 200 valence electrons. The van der Waals surface area contributed by atoms with Crippen LogP contribution in [0.4, 0.5) is 24.5 Å². The van der Waals surface area contributed by atoms with Gasteiger partial charge in [-0.1, -0.05) is 59.8 Å². The number of alkyl halides is 3. The fourth-order valence-electron chi connectivity index (χ4n) is 3.99. The third kappa shape index (κ3) is 5.72. The van der Waals surface area contributed by atoms with Crippen molar-refractivity contribution in [3.05, 3.63) is 95.1 Å². The van der Waals surface area contributed by atoms with E-state index in [0.29, 0.717) is 16.3 Å². The fourth-order valence-corrected chi connectivity index (χ4v) is 6.32. The van der Waals surface area contributed by atoms with Gasteiger partial charge in [-0.05, 0) is 42.0 Å². The molecule has 0 aliphatic carbocycles. The van der Waals surface area contributed by atoms with Crippen LogP contribution in [-0.2, 0) is 27.5 Å². The number of amides is 1. The van der Waals surface area contributed by atoms with E-state index in [1.807, 2.05) is 30.3 Å². The van der Waals surface area contributed by atoms with E-state index in [0.717, 1.165) is 29.5 Å². The summed E-state index contributed by atoms with van der Waals surface area (Å²) in [5, 5.41) is 2.89. The van der Waals surface area contributed by atoms with Crippen molar-refractivity contribution >= 4 is 50.7 Å². The number of nitrogens with zero attached hydrogens (tertiary/aromatic N) is 3. The highest BCUT2D eigenvalue weighted by atomic mass is 35.5. The fraction of sp³-hybridized carbons (Fsp3) is 0.115. The number of anilines is 2. The van der Waals surface area contributed by atoms with Crippen LogP contribution >= 0.6 is 23.4 Å². The number of hydrogen-bond donors (Lipinski definition) is 1. The van der Waals surface area contributed by atoms with Crippen LogP contribution in [0.3, 0.4) is 0 Å². The van der Waals surface area contributed by atoms with Crippen LogP contribution in [0.2, 0.25) is 5.02 Å². The van der Waals surface area contributed by atoms with Gasteiger partial charge in [0.25, 0.3) is 10.0 Å². The van der Waals surface area contributed by atoms with Gasteiger partial charge in [0.2, 0.25) is 5.91 Å². The Morgan fingerprint density at radius 1 is 1.03 bits per heavy atom. The van der Waals surface area contributed by atoms with Crippen LogP contribution in [0, 0.1) is 0 Å². The van der Waals surface area contributed by atoms with Crippen molar-refractivity contribution in [3.8, 4) is 11.3 Å². The molecular formula is C26H18ClF3N4O3S2. The first kappa shape index (κ1) is 27.0. The van der Waals surface area contributed by atoms with Gasteiger partial charge in [0.15, 0.2) is 5.16 Å². The number of carbonyl (C=O) groups is 1. The third-order valence-electron chi connectivity index (χ3n) is 5.76. The number of nitrogens with one attached hydrogen (secondary N) is 1. The van der Waals surface area contributed by atoms with E-state index in [1.54, 1.807) is 18.2 Å². The lowest BCUT2D eigenvalue weighted by Crippen LogP contribution is -2.34. The molecule has 13 heteroatoms. The highest BCUT2D eigenvalue weighted by Gasteiger charge is 2.37. The minimum atomic E-state index is -4.54. The molecule has 1 aliphatic rings. The zero-order valence-electron chi connectivity index (χ0n) is 19.8. The highest BCUT2D eigenvalue weighted by molar-refractivity contribution is 7.99. The summed E-state index contributed by atoms with van der Waals surface area (Å²) in [7, 11) is -4.05. The topological polar surface area (TPSA) is 92.3 Å². The van der Waals surface area contributed by atoms with Gasteiger partial charge in [0.05, 0.1) is 35.4 Å². The molecular weight excluding hydrogens is 573 g/mol. The molecule has 0 saturated heterocycles. The summed E-state index contributed by atoms with van der Waals surface area (Å²) < 4.78 is 67.3. The first-order chi connectivity index (χ1) is 18.5. The van der Waals surface area contributed by atoms with E-state index >= 15 is 0 Å². The van der Waals surface area contributed by atoms with Gasteiger partial charge in [-0.3, -0.25) is 9.10 Å². The molecule has 4 aromatic rings. The summed E-state index contributed by atoms with van der Waals surface area (Å²) in [5.41, 5.74) is 0.940. The summed E-state index contributed by atoms with van der Waals surface area (Å²) in [5.74, 6) is -0.787. The average Bonchev–Trinajstić information content (AvgIpc) is 2.90. The van der Waals surface area contributed by atoms with Crippen LogP contribution < -0.4 is 9.62 Å². The van der Waals surface area contributed by atoms with Crippen molar-refractivity contribution in [1.29, 1.82) is 0 Å². The zero-order valence-corrected chi connectivity index (χ0v) is 22.2. The number of rotatable bonds is 6. The molecule has 0 radical (unpaired) electrons. The lowest BCUT2D eigenvalue weighted by atomic mass is 10.1. The minimum absolute atomic E-state index is 0.00260. The number of hydrogen-bond acceptors (Lipinski definition) is 6. The Balaban J connectivity index is 1.39. The molecule has 0 unspecified atom stereocenters. The predicted octanol–water partition coefficient (Wildman–Crippen LogP) is 6.26. The predicted molar refractivity (Wildman–Crippen MR) is 143 cm³/mol. The quantitative estimate of drug-likeness (QED) is 0.211. The molecule has 0 atom stereocenters. The van der Waals surface area contributed by atoms with E-state index in [-0.39, 0.29) is 33.7 Å². The highest BCUT2D eigenvalue weighted by Crippen LogP contribution is 2.44. The van der Waals surface area contributed by atoms with Gasteiger partial charge in [-0.25, -0.2) is 18.4 Å². The van der Waals surface area contributed by atoms with Crippen molar-refractivity contribution in [1.82, 2.24) is 9.97 Å². The lowest BCUT2D eigenvalue weighted by Gasteiger charge is -2.31. The maximum Gasteiger partial charge on any atom is 0.416 e. The van der Waals surface area contributed by atoms with E-state index in [2.05, 4.69) is 15.3 Å². The van der Waals surface area contributed by atoms with Crippen LogP contribution in [0.15, 0.2) is 89.0 Å². The number of halogens is 4. The van der Waals surface area contributed by atoms with Gasteiger partial charge >= 0.3 is 6.18 Å². The van der Waals surface area contributed by atoms with E-state index < -0.39 is 27.7 Å². The van der Waals surface area contributed by atoms with Crippen molar-refractivity contribution in [2.75, 3.05) is 15.4 Å². The largest absolute Gasteiger partial charge is 0.416 e. The Morgan fingerprint density at radius 3 is 2.54 bits per heavy atom. The van der Waals surface area contributed by atoms with E-state index in [1.165, 1.54) is 22.6 Å². The lowest BCUT2D eigenvalue weighted by molar-refractivity contribution is -0.137. The molecule has 0 saturated carbocycles. The van der Waals surface area contributed by atoms with Crippen molar-refractivity contribution in [2.24, 2.45) is 0 Å². The second-order valence-corrected chi connectivity index (χ2v) is 11.6. The Hall–Kier alpha value is -3.61. The smallest absolute Gasteiger partial charge is 0.325 e. The van der Waals surface area contributed by atoms with E-state index in [9.17, 15) is 26.4 Å². The maximum absolute atomic E-state index is 13.6. The molecule has 1 aliphatic heterocycles. The molecule has 1 N–H and O–H groups in total. The SMILES string of the molecule is O=C(CSc1ncc2c(n1)-c1ccc(Cl)cc1N(Cc1ccccc1)S2(=O)=O)Nc1cccc(C(F)(F)F)c1. The minimum Gasteiger partial charge on any atom is -0.325 e. The first-order valence-electron chi connectivity index (χ1n) is 11.4. The van der Waals surface area contributed by atoms with Crippen molar-refractivity contribution in [3.63, 3.8) is 0 Å². The zero-order chi connectivity index (χ0) is 27.8. The number of aromatic nitrogens is 2. The van der Waals surface area contributed by atoms with E-state index in [4.69, 9.17) is 11.6 Å². The van der Waals surface area contributed by atoms with Gasteiger partial charge in [0.1, 0.15) is 4.90 Å². The summed E-state index contributed by atoms with van der Waals surface area (Å²) in [4.78, 5) is 20.9. The van der Waals surface area contributed by atoms with Crippen LogP contribution in [0.5, 0.6) is 0 Å². The summed E-state index contributed by atoms with van der Waals surface area (Å²) in [6.07, 6.45) is -3.34. The Bertz CT molecular complexity index is 1670. The summed E-state index contributed by atoms with van der Waals surface area (Å²) in [6, 6.07) is 18.2. The molecule has 39 heavy (non-hydrogen) atoms. The van der Waals surface area contributed by atoms with Crippen LogP contribution in [-0.4, -0.2) is 30.0 Å². The third-order valence-corrected chi connectivity index (χ3v) is 8.62. The normalized spacial score (nSPS) is 13.9. The van der Waals surface area contributed by atoms with Crippen molar-refractivity contribution < 1.29 is 26.4 Å². The molecule has 7 nitrogen and oxygen atoms in total. The average molecular weight is 591 g/mol.